The molecule has 0 radical (unpaired) electrons. The normalized spacial score (nSPS) is 11.8. The molecule has 0 spiro atoms. The first kappa shape index (κ1) is 8.89. The number of nitrogens with zero attached hydrogens (tertiary/aromatic N) is 1. The molecule has 0 aliphatic rings. The van der Waals surface area contributed by atoms with Crippen LogP contribution in [0.4, 0.5) is 0 Å². The first-order chi connectivity index (χ1) is 4.20. The number of hydrogen-bond acceptors (Lipinski definition) is 2. The molecule has 0 N–H and O–H groups in total. The highest BCUT2D eigenvalue weighted by Gasteiger charge is 1.86. The van der Waals surface area contributed by atoms with Gasteiger partial charge in [0.05, 0.1) is 0 Å². The Morgan fingerprint density at radius 3 is 2.56 bits per heavy atom. The van der Waals surface area contributed by atoms with E-state index in [1.807, 2.05) is 0 Å². The van der Waals surface area contributed by atoms with Gasteiger partial charge in [0, 0.05) is 19.8 Å². The predicted molar refractivity (Wildman–Crippen MR) is 45.6 cm³/mol. The van der Waals surface area contributed by atoms with Crippen LogP contribution < -0.4 is 0 Å². The molecule has 0 aliphatic heterocycles. The predicted octanol–water partition coefficient (Wildman–Crippen LogP) is 2.16. The highest BCUT2D eigenvalue weighted by Crippen LogP contribution is 2.09. The SMILES string of the molecule is CCN(C)/C=C(/C)SC. The van der Waals surface area contributed by atoms with Gasteiger partial charge in [-0.2, -0.15) is 0 Å². The molecule has 0 rings (SSSR count). The third-order valence-corrected chi connectivity index (χ3v) is 1.97. The minimum absolute atomic E-state index is 1.08. The van der Waals surface area contributed by atoms with E-state index in [9.17, 15) is 0 Å². The molecule has 54 valence electrons. The van der Waals surface area contributed by atoms with Crippen LogP contribution in [0.3, 0.4) is 0 Å². The quantitative estimate of drug-likeness (QED) is 0.598. The lowest BCUT2D eigenvalue weighted by Gasteiger charge is -2.10. The molecule has 0 amide bonds. The number of hydrogen-bond donors (Lipinski definition) is 0. The maximum Gasteiger partial charge on any atom is 0.0141 e. The molecular formula is C7H15NS. The molecule has 2 heteroatoms. The van der Waals surface area contributed by atoms with E-state index in [2.05, 4.69) is 38.3 Å². The molecule has 0 saturated heterocycles. The van der Waals surface area contributed by atoms with Crippen molar-refractivity contribution in [1.82, 2.24) is 4.90 Å². The van der Waals surface area contributed by atoms with Crippen LogP contribution >= 0.6 is 11.8 Å². The van der Waals surface area contributed by atoms with Gasteiger partial charge in [-0.1, -0.05) is 0 Å². The van der Waals surface area contributed by atoms with Crippen LogP contribution in [0.25, 0.3) is 0 Å². The molecule has 0 bridgehead atoms. The Morgan fingerprint density at radius 1 is 1.67 bits per heavy atom. The monoisotopic (exact) mass is 145 g/mol. The Hall–Kier alpha value is -0.110. The van der Waals surface area contributed by atoms with E-state index in [0.29, 0.717) is 0 Å². The minimum Gasteiger partial charge on any atom is -0.380 e. The van der Waals surface area contributed by atoms with E-state index in [-0.39, 0.29) is 0 Å². The largest absolute Gasteiger partial charge is 0.380 e. The lowest BCUT2D eigenvalue weighted by Crippen LogP contribution is -2.08. The van der Waals surface area contributed by atoms with Crippen molar-refractivity contribution < 1.29 is 0 Å². The smallest absolute Gasteiger partial charge is 0.0141 e. The summed E-state index contributed by atoms with van der Waals surface area (Å²) < 4.78 is 0. The molecule has 0 unspecified atom stereocenters. The van der Waals surface area contributed by atoms with Crippen LogP contribution in [0.2, 0.25) is 0 Å². The van der Waals surface area contributed by atoms with Gasteiger partial charge in [-0.25, -0.2) is 0 Å². The summed E-state index contributed by atoms with van der Waals surface area (Å²) in [5.74, 6) is 0. The Kier molecular flexibility index (Phi) is 4.68. The molecule has 1 nitrogen and oxygen atoms in total. The van der Waals surface area contributed by atoms with Gasteiger partial charge in [-0.15, -0.1) is 11.8 Å². The molecular weight excluding hydrogens is 130 g/mol. The zero-order valence-electron chi connectivity index (χ0n) is 6.64. The third-order valence-electron chi connectivity index (χ3n) is 1.22. The standard InChI is InChI=1S/C7H15NS/c1-5-8(3)6-7(2)9-4/h6H,5H2,1-4H3/b7-6-. The van der Waals surface area contributed by atoms with Crippen molar-refractivity contribution >= 4 is 11.8 Å². The highest BCUT2D eigenvalue weighted by atomic mass is 32.2. The summed E-state index contributed by atoms with van der Waals surface area (Å²) in [6.07, 6.45) is 4.25. The number of allylic oxidation sites excluding steroid dienone is 1. The number of rotatable bonds is 3. The van der Waals surface area contributed by atoms with Crippen molar-refractivity contribution in [2.45, 2.75) is 13.8 Å². The fourth-order valence-electron chi connectivity index (χ4n) is 0.454. The molecule has 0 aliphatic carbocycles. The van der Waals surface area contributed by atoms with Crippen molar-refractivity contribution in [2.24, 2.45) is 0 Å². The second-order valence-electron chi connectivity index (χ2n) is 2.02. The van der Waals surface area contributed by atoms with Crippen molar-refractivity contribution in [1.29, 1.82) is 0 Å². The van der Waals surface area contributed by atoms with Crippen LogP contribution in [0, 0.1) is 0 Å². The summed E-state index contributed by atoms with van der Waals surface area (Å²) in [7, 11) is 2.08. The maximum atomic E-state index is 2.17. The van der Waals surface area contributed by atoms with Gasteiger partial charge in [-0.3, -0.25) is 0 Å². The van der Waals surface area contributed by atoms with Gasteiger partial charge < -0.3 is 4.90 Å². The lowest BCUT2D eigenvalue weighted by molar-refractivity contribution is 0.482. The summed E-state index contributed by atoms with van der Waals surface area (Å²) in [6, 6.07) is 0. The molecule has 0 heterocycles. The van der Waals surface area contributed by atoms with Crippen molar-refractivity contribution in [2.75, 3.05) is 19.8 Å². The summed E-state index contributed by atoms with van der Waals surface area (Å²) >= 11 is 1.79. The van der Waals surface area contributed by atoms with E-state index < -0.39 is 0 Å². The average Bonchev–Trinajstić information content (AvgIpc) is 1.87. The van der Waals surface area contributed by atoms with Crippen LogP contribution in [0.5, 0.6) is 0 Å². The summed E-state index contributed by atoms with van der Waals surface area (Å²) in [4.78, 5) is 3.53. The molecule has 0 aromatic rings. The maximum absolute atomic E-state index is 2.17. The first-order valence-electron chi connectivity index (χ1n) is 3.13. The van der Waals surface area contributed by atoms with Crippen LogP contribution in [-0.2, 0) is 0 Å². The molecule has 0 aromatic carbocycles. The number of thioether (sulfide) groups is 1. The summed E-state index contributed by atoms with van der Waals surface area (Å²) in [5, 5.41) is 0. The summed E-state index contributed by atoms with van der Waals surface area (Å²) in [5.41, 5.74) is 0. The Bertz CT molecular complexity index is 99.1. The van der Waals surface area contributed by atoms with Gasteiger partial charge in [0.1, 0.15) is 0 Å². The molecule has 0 saturated carbocycles. The van der Waals surface area contributed by atoms with Crippen LogP contribution in [0.1, 0.15) is 13.8 Å². The molecule has 0 aromatic heterocycles. The van der Waals surface area contributed by atoms with E-state index >= 15 is 0 Å². The van der Waals surface area contributed by atoms with Crippen LogP contribution in [-0.4, -0.2) is 24.7 Å². The second-order valence-corrected chi connectivity index (χ2v) is 3.07. The van der Waals surface area contributed by atoms with Crippen molar-refractivity contribution in [3.63, 3.8) is 0 Å². The Balaban J connectivity index is 3.64. The highest BCUT2D eigenvalue weighted by molar-refractivity contribution is 8.02. The van der Waals surface area contributed by atoms with Crippen molar-refractivity contribution in [3.8, 4) is 0 Å². The van der Waals surface area contributed by atoms with E-state index in [4.69, 9.17) is 0 Å². The fraction of sp³-hybridized carbons (Fsp3) is 0.714. The van der Waals surface area contributed by atoms with Crippen molar-refractivity contribution in [3.05, 3.63) is 11.1 Å². The zero-order valence-corrected chi connectivity index (χ0v) is 7.46. The van der Waals surface area contributed by atoms with E-state index in [1.165, 1.54) is 4.91 Å². The fourth-order valence-corrected chi connectivity index (χ4v) is 0.740. The van der Waals surface area contributed by atoms with Gasteiger partial charge >= 0.3 is 0 Å². The van der Waals surface area contributed by atoms with Crippen LogP contribution in [0.15, 0.2) is 11.1 Å². The molecule has 0 fully saturated rings. The lowest BCUT2D eigenvalue weighted by atomic mass is 10.6. The van der Waals surface area contributed by atoms with Gasteiger partial charge in [0.15, 0.2) is 0 Å². The summed E-state index contributed by atoms with van der Waals surface area (Å²) in [6.45, 7) is 5.35. The Labute approximate surface area is 62.1 Å². The zero-order chi connectivity index (χ0) is 7.28. The van der Waals surface area contributed by atoms with Gasteiger partial charge in [0.25, 0.3) is 0 Å². The average molecular weight is 145 g/mol. The first-order valence-corrected chi connectivity index (χ1v) is 4.35. The minimum atomic E-state index is 1.08. The molecule has 0 atom stereocenters. The topological polar surface area (TPSA) is 3.24 Å². The van der Waals surface area contributed by atoms with Gasteiger partial charge in [-0.05, 0) is 25.0 Å². The Morgan fingerprint density at radius 2 is 2.22 bits per heavy atom. The molecule has 9 heavy (non-hydrogen) atoms. The van der Waals surface area contributed by atoms with Gasteiger partial charge in [0.2, 0.25) is 0 Å². The third kappa shape index (κ3) is 4.40. The van der Waals surface area contributed by atoms with E-state index in [0.717, 1.165) is 6.54 Å². The second kappa shape index (κ2) is 4.74. The van der Waals surface area contributed by atoms with E-state index in [1.54, 1.807) is 11.8 Å².